The third-order valence-corrected chi connectivity index (χ3v) is 1.77. The van der Waals surface area contributed by atoms with Gasteiger partial charge in [0.05, 0.1) is 6.61 Å². The van der Waals surface area contributed by atoms with E-state index in [9.17, 15) is 0 Å². The maximum Gasteiger partial charge on any atom is 0.254 e. The highest BCUT2D eigenvalue weighted by Gasteiger charge is 2.10. The first kappa shape index (κ1) is 13.9. The number of hydrogen-bond acceptors (Lipinski definition) is 7. The Morgan fingerprint density at radius 3 is 2.72 bits per heavy atom. The van der Waals surface area contributed by atoms with Gasteiger partial charge in [-0.15, -0.1) is 0 Å². The van der Waals surface area contributed by atoms with Gasteiger partial charge in [-0.25, -0.2) is 5.06 Å². The summed E-state index contributed by atoms with van der Waals surface area (Å²) in [5.74, 6) is 0.610. The molecule has 0 aliphatic heterocycles. The maximum atomic E-state index is 8.42. The van der Waals surface area contributed by atoms with Crippen molar-refractivity contribution in [1.82, 2.24) is 15.0 Å². The van der Waals surface area contributed by atoms with Crippen molar-refractivity contribution in [2.24, 2.45) is 5.11 Å². The molecule has 0 atom stereocenters. The molecule has 0 spiro atoms. The van der Waals surface area contributed by atoms with Gasteiger partial charge in [0, 0.05) is 18.0 Å². The zero-order valence-corrected chi connectivity index (χ0v) is 10.8. The predicted octanol–water partition coefficient (Wildman–Crippen LogP) is 2.02. The van der Waals surface area contributed by atoms with E-state index in [4.69, 9.17) is 10.4 Å². The summed E-state index contributed by atoms with van der Waals surface area (Å²) in [4.78, 5) is 20.0. The molecule has 0 fully saturated rings. The second-order valence-electron chi connectivity index (χ2n) is 3.66. The summed E-state index contributed by atoms with van der Waals surface area (Å²) in [6.07, 6.45) is 0. The van der Waals surface area contributed by atoms with Crippen molar-refractivity contribution in [3.8, 4) is 0 Å². The van der Waals surface area contributed by atoms with Gasteiger partial charge in [-0.3, -0.25) is 4.84 Å². The minimum atomic E-state index is -0.00259. The summed E-state index contributed by atoms with van der Waals surface area (Å²) in [6.45, 7) is 6.22. The molecule has 0 unspecified atom stereocenters. The summed E-state index contributed by atoms with van der Waals surface area (Å²) >= 11 is 0. The zero-order valence-electron chi connectivity index (χ0n) is 10.8. The van der Waals surface area contributed by atoms with Crippen molar-refractivity contribution < 1.29 is 4.84 Å². The fourth-order valence-electron chi connectivity index (χ4n) is 1.15. The summed E-state index contributed by atoms with van der Waals surface area (Å²) in [7, 11) is 1.66. The van der Waals surface area contributed by atoms with Crippen LogP contribution in [0.4, 0.5) is 17.8 Å². The van der Waals surface area contributed by atoms with E-state index in [1.54, 1.807) is 7.05 Å². The van der Waals surface area contributed by atoms with Gasteiger partial charge in [-0.1, -0.05) is 0 Å². The predicted molar refractivity (Wildman–Crippen MR) is 67.4 cm³/mol. The van der Waals surface area contributed by atoms with Crippen LogP contribution in [0.5, 0.6) is 0 Å². The van der Waals surface area contributed by atoms with E-state index in [0.29, 0.717) is 12.6 Å². The van der Waals surface area contributed by atoms with Gasteiger partial charge in [0.15, 0.2) is 0 Å². The van der Waals surface area contributed by atoms with Gasteiger partial charge < -0.3 is 5.32 Å². The molecule has 1 heterocycles. The second-order valence-corrected chi connectivity index (χ2v) is 3.66. The smallest absolute Gasteiger partial charge is 0.254 e. The Kier molecular flexibility index (Phi) is 5.09. The summed E-state index contributed by atoms with van der Waals surface area (Å²) in [5, 5.41) is 7.78. The minimum Gasteiger partial charge on any atom is -0.352 e. The molecule has 18 heavy (non-hydrogen) atoms. The lowest BCUT2D eigenvalue weighted by Crippen LogP contribution is -2.22. The van der Waals surface area contributed by atoms with Gasteiger partial charge in [0.1, 0.15) is 0 Å². The molecule has 0 aromatic carbocycles. The van der Waals surface area contributed by atoms with Crippen LogP contribution >= 0.6 is 0 Å². The molecular weight excluding hydrogens is 236 g/mol. The van der Waals surface area contributed by atoms with Crippen LogP contribution < -0.4 is 10.4 Å². The highest BCUT2D eigenvalue weighted by molar-refractivity contribution is 5.39. The number of rotatable bonds is 6. The number of aromatic nitrogens is 3. The Balaban J connectivity index is 3.08. The fraction of sp³-hybridized carbons (Fsp3) is 0.667. The topological polar surface area (TPSA) is 112 Å². The average molecular weight is 252 g/mol. The van der Waals surface area contributed by atoms with Gasteiger partial charge in [0.25, 0.3) is 5.95 Å². The van der Waals surface area contributed by atoms with E-state index in [-0.39, 0.29) is 17.9 Å². The van der Waals surface area contributed by atoms with E-state index >= 15 is 0 Å². The zero-order chi connectivity index (χ0) is 13.5. The molecule has 0 amide bonds. The number of hydrogen-bond donors (Lipinski definition) is 1. The molecule has 1 N–H and O–H groups in total. The molecule has 9 nitrogen and oxygen atoms in total. The summed E-state index contributed by atoms with van der Waals surface area (Å²) in [6, 6.07) is 0.150. The van der Waals surface area contributed by atoms with E-state index in [1.807, 2.05) is 20.8 Å². The lowest BCUT2D eigenvalue weighted by Gasteiger charge is -2.16. The van der Waals surface area contributed by atoms with Crippen molar-refractivity contribution >= 4 is 17.8 Å². The average Bonchev–Trinajstić information content (AvgIpc) is 2.28. The van der Waals surface area contributed by atoms with E-state index in [1.165, 1.54) is 5.06 Å². The normalized spacial score (nSPS) is 10.1. The van der Waals surface area contributed by atoms with Crippen LogP contribution in [0.1, 0.15) is 20.8 Å². The van der Waals surface area contributed by atoms with Crippen LogP contribution in [0.2, 0.25) is 0 Å². The monoisotopic (exact) mass is 252 g/mol. The molecule has 0 aliphatic rings. The van der Waals surface area contributed by atoms with E-state index < -0.39 is 0 Å². The Hall–Kier alpha value is -2.12. The molecule has 0 saturated carbocycles. The van der Waals surface area contributed by atoms with Crippen LogP contribution in [0, 0.1) is 0 Å². The molecule has 98 valence electrons. The van der Waals surface area contributed by atoms with Gasteiger partial charge in [-0.2, -0.15) is 15.0 Å². The van der Waals surface area contributed by atoms with Crippen LogP contribution in [-0.2, 0) is 4.84 Å². The van der Waals surface area contributed by atoms with Crippen molar-refractivity contribution in [1.29, 1.82) is 0 Å². The molecule has 0 bridgehead atoms. The van der Waals surface area contributed by atoms with Gasteiger partial charge in [0.2, 0.25) is 11.9 Å². The second kappa shape index (κ2) is 6.58. The summed E-state index contributed by atoms with van der Waals surface area (Å²) in [5.41, 5.74) is 8.42. The highest BCUT2D eigenvalue weighted by atomic mass is 16.7. The first-order valence-corrected chi connectivity index (χ1v) is 5.51. The first-order chi connectivity index (χ1) is 8.56. The third-order valence-electron chi connectivity index (χ3n) is 1.77. The number of anilines is 2. The Bertz CT molecular complexity index is 442. The number of nitrogens with one attached hydrogen (secondary N) is 1. The van der Waals surface area contributed by atoms with Crippen molar-refractivity contribution in [2.75, 3.05) is 24.0 Å². The largest absolute Gasteiger partial charge is 0.352 e. The molecule has 1 aromatic heterocycles. The van der Waals surface area contributed by atoms with E-state index in [0.717, 1.165) is 0 Å². The summed E-state index contributed by atoms with van der Waals surface area (Å²) < 4.78 is 0. The molecule has 0 saturated heterocycles. The number of hydroxylamine groups is 1. The number of nitrogens with zero attached hydrogens (tertiary/aromatic N) is 7. The van der Waals surface area contributed by atoms with Crippen LogP contribution in [-0.4, -0.2) is 34.6 Å². The minimum absolute atomic E-state index is 0.00259. The SMILES string of the molecule is CCON(C)c1nc(N=[N+]=[N-])nc(NC(C)C)n1. The molecular formula is C9H16N8O. The van der Waals surface area contributed by atoms with Crippen molar-refractivity contribution in [3.05, 3.63) is 10.4 Å². The lowest BCUT2D eigenvalue weighted by molar-refractivity contribution is 0.131. The Morgan fingerprint density at radius 2 is 2.17 bits per heavy atom. The van der Waals surface area contributed by atoms with Crippen molar-refractivity contribution in [2.45, 2.75) is 26.8 Å². The quantitative estimate of drug-likeness (QED) is 0.358. The first-order valence-electron chi connectivity index (χ1n) is 5.51. The van der Waals surface area contributed by atoms with Crippen LogP contribution in [0.15, 0.2) is 5.11 Å². The Labute approximate surface area is 105 Å². The molecule has 1 rings (SSSR count). The molecule has 9 heteroatoms. The van der Waals surface area contributed by atoms with Crippen molar-refractivity contribution in [3.63, 3.8) is 0 Å². The molecule has 1 aromatic rings. The van der Waals surface area contributed by atoms with Crippen LogP contribution in [0.25, 0.3) is 10.4 Å². The third kappa shape index (κ3) is 4.04. The number of azide groups is 1. The maximum absolute atomic E-state index is 8.42. The lowest BCUT2D eigenvalue weighted by atomic mass is 10.4. The van der Waals surface area contributed by atoms with Gasteiger partial charge >= 0.3 is 0 Å². The Morgan fingerprint density at radius 1 is 1.44 bits per heavy atom. The molecule has 0 aliphatic carbocycles. The standard InChI is InChI=1S/C9H16N8O/c1-5-18-17(4)9-13-7(11-6(2)3)12-8(14-9)15-16-10/h6H,5H2,1-4H3,(H,11,12,13,14). The highest BCUT2D eigenvalue weighted by Crippen LogP contribution is 2.15. The molecule has 0 radical (unpaired) electrons. The fourth-order valence-corrected chi connectivity index (χ4v) is 1.15. The van der Waals surface area contributed by atoms with Gasteiger partial charge in [-0.05, 0) is 31.4 Å². The van der Waals surface area contributed by atoms with Crippen LogP contribution in [0.3, 0.4) is 0 Å². The van der Waals surface area contributed by atoms with E-state index in [2.05, 4.69) is 30.3 Å².